The molecule has 0 radical (unpaired) electrons. The van der Waals surface area contributed by atoms with Gasteiger partial charge in [-0.2, -0.15) is 0 Å². The Balaban J connectivity index is 2.10. The molecule has 0 aliphatic rings. The van der Waals surface area contributed by atoms with Crippen LogP contribution in [-0.2, 0) is 6.42 Å². The molecule has 0 saturated heterocycles. The van der Waals surface area contributed by atoms with Gasteiger partial charge in [-0.3, -0.25) is 0 Å². The topological polar surface area (TPSA) is 107 Å². The van der Waals surface area contributed by atoms with Crippen molar-refractivity contribution in [3.63, 3.8) is 0 Å². The van der Waals surface area contributed by atoms with Gasteiger partial charge in [0, 0.05) is 10.9 Å². The molecule has 0 unspecified atom stereocenters. The summed E-state index contributed by atoms with van der Waals surface area (Å²) in [6.45, 7) is 0. The minimum atomic E-state index is -1.78. The van der Waals surface area contributed by atoms with Crippen molar-refractivity contribution in [3.05, 3.63) is 35.2 Å². The number of aromatic nitrogens is 2. The minimum absolute atomic E-state index is 0.158. The van der Waals surface area contributed by atoms with Crippen LogP contribution in [0, 0.1) is 5.92 Å². The second-order valence-corrected chi connectivity index (χ2v) is 4.79. The van der Waals surface area contributed by atoms with Crippen molar-refractivity contribution in [1.29, 1.82) is 0 Å². The number of rotatable bonds is 5. The SMILES string of the molecule is OC(O)C(Cc1ccc(-c2csnn2)cc1)C(O)O. The summed E-state index contributed by atoms with van der Waals surface area (Å²) >= 11 is 1.26. The highest BCUT2D eigenvalue weighted by Crippen LogP contribution is 2.20. The number of hydrogen-bond acceptors (Lipinski definition) is 7. The summed E-state index contributed by atoms with van der Waals surface area (Å²) in [7, 11) is 0. The Morgan fingerprint density at radius 3 is 2.11 bits per heavy atom. The highest BCUT2D eigenvalue weighted by atomic mass is 32.1. The monoisotopic (exact) mass is 282 g/mol. The summed E-state index contributed by atoms with van der Waals surface area (Å²) in [6, 6.07) is 7.23. The molecule has 4 N–H and O–H groups in total. The maximum Gasteiger partial charge on any atom is 0.159 e. The van der Waals surface area contributed by atoms with Crippen LogP contribution < -0.4 is 0 Å². The van der Waals surface area contributed by atoms with Crippen molar-refractivity contribution in [2.45, 2.75) is 19.0 Å². The van der Waals surface area contributed by atoms with E-state index in [0.29, 0.717) is 0 Å². The van der Waals surface area contributed by atoms with Gasteiger partial charge in [0.15, 0.2) is 12.6 Å². The van der Waals surface area contributed by atoms with E-state index >= 15 is 0 Å². The molecule has 0 fully saturated rings. The second-order valence-electron chi connectivity index (χ2n) is 4.18. The first-order valence-electron chi connectivity index (χ1n) is 5.66. The summed E-state index contributed by atoms with van der Waals surface area (Å²) in [4.78, 5) is 0. The Labute approximate surface area is 113 Å². The zero-order chi connectivity index (χ0) is 13.8. The van der Waals surface area contributed by atoms with Crippen LogP contribution in [0.3, 0.4) is 0 Å². The van der Waals surface area contributed by atoms with Crippen molar-refractivity contribution < 1.29 is 20.4 Å². The predicted molar refractivity (Wildman–Crippen MR) is 69.0 cm³/mol. The Morgan fingerprint density at radius 1 is 1.00 bits per heavy atom. The molecular formula is C12H14N2O4S. The van der Waals surface area contributed by atoms with E-state index in [0.717, 1.165) is 16.8 Å². The summed E-state index contributed by atoms with van der Waals surface area (Å²) in [5, 5.41) is 42.0. The quantitative estimate of drug-likeness (QED) is 0.574. The number of nitrogens with zero attached hydrogens (tertiary/aromatic N) is 2. The molecule has 1 aromatic heterocycles. The first-order valence-corrected chi connectivity index (χ1v) is 6.50. The Morgan fingerprint density at radius 2 is 1.63 bits per heavy atom. The van der Waals surface area contributed by atoms with E-state index in [9.17, 15) is 0 Å². The molecule has 0 amide bonds. The van der Waals surface area contributed by atoms with Gasteiger partial charge in [0.25, 0.3) is 0 Å². The van der Waals surface area contributed by atoms with E-state index < -0.39 is 18.5 Å². The maximum absolute atomic E-state index is 9.07. The van der Waals surface area contributed by atoms with Crippen LogP contribution in [0.25, 0.3) is 11.3 Å². The summed E-state index contributed by atoms with van der Waals surface area (Å²) in [5.74, 6) is -1.04. The van der Waals surface area contributed by atoms with Crippen LogP contribution in [-0.4, -0.2) is 42.6 Å². The smallest absolute Gasteiger partial charge is 0.159 e. The highest BCUT2D eigenvalue weighted by molar-refractivity contribution is 7.03. The van der Waals surface area contributed by atoms with Crippen LogP contribution in [0.1, 0.15) is 5.56 Å². The lowest BCUT2D eigenvalue weighted by Crippen LogP contribution is -2.33. The number of benzene rings is 1. The van der Waals surface area contributed by atoms with Crippen LogP contribution in [0.5, 0.6) is 0 Å². The van der Waals surface area contributed by atoms with E-state index in [1.54, 1.807) is 12.1 Å². The average molecular weight is 282 g/mol. The lowest BCUT2D eigenvalue weighted by Gasteiger charge is -2.20. The van der Waals surface area contributed by atoms with E-state index in [4.69, 9.17) is 20.4 Å². The fraction of sp³-hybridized carbons (Fsp3) is 0.333. The molecule has 2 aromatic rings. The molecule has 0 spiro atoms. The summed E-state index contributed by atoms with van der Waals surface area (Å²) < 4.78 is 3.78. The number of hydrogen-bond donors (Lipinski definition) is 4. The molecule has 0 atom stereocenters. The lowest BCUT2D eigenvalue weighted by atomic mass is 9.97. The van der Waals surface area contributed by atoms with Gasteiger partial charge in [0.05, 0.1) is 5.92 Å². The number of aliphatic hydroxyl groups excluding tert-OH is 2. The predicted octanol–water partition coefficient (Wildman–Crippen LogP) is -0.0148. The van der Waals surface area contributed by atoms with E-state index in [1.807, 2.05) is 17.5 Å². The van der Waals surface area contributed by atoms with Crippen molar-refractivity contribution in [1.82, 2.24) is 9.59 Å². The van der Waals surface area contributed by atoms with Gasteiger partial charge in [-0.1, -0.05) is 28.8 Å². The third kappa shape index (κ3) is 3.55. The normalized spacial score (nSPS) is 11.7. The summed E-state index contributed by atoms with van der Waals surface area (Å²) in [5.41, 5.74) is 2.46. The van der Waals surface area contributed by atoms with E-state index in [1.165, 1.54) is 11.5 Å². The van der Waals surface area contributed by atoms with Gasteiger partial charge >= 0.3 is 0 Å². The Bertz CT molecular complexity index is 491. The first-order chi connectivity index (χ1) is 9.08. The molecule has 6 nitrogen and oxygen atoms in total. The van der Waals surface area contributed by atoms with Crippen molar-refractivity contribution in [3.8, 4) is 11.3 Å². The van der Waals surface area contributed by atoms with E-state index in [-0.39, 0.29) is 6.42 Å². The van der Waals surface area contributed by atoms with Gasteiger partial charge in [-0.05, 0) is 23.5 Å². The molecule has 0 aliphatic carbocycles. The molecule has 102 valence electrons. The van der Waals surface area contributed by atoms with Crippen molar-refractivity contribution in [2.24, 2.45) is 5.92 Å². The molecule has 1 aromatic carbocycles. The molecule has 0 aliphatic heterocycles. The highest BCUT2D eigenvalue weighted by Gasteiger charge is 2.24. The zero-order valence-electron chi connectivity index (χ0n) is 9.92. The van der Waals surface area contributed by atoms with Gasteiger partial charge < -0.3 is 20.4 Å². The molecular weight excluding hydrogens is 268 g/mol. The standard InChI is InChI=1S/C12H14N2O4S/c15-11(16)9(12(17)18)5-7-1-3-8(4-2-7)10-6-19-14-13-10/h1-4,6,9,11-12,15-18H,5H2. The third-order valence-electron chi connectivity index (χ3n) is 2.85. The fourth-order valence-corrected chi connectivity index (χ4v) is 2.20. The van der Waals surface area contributed by atoms with Crippen molar-refractivity contribution >= 4 is 11.5 Å². The molecule has 2 rings (SSSR count). The lowest BCUT2D eigenvalue weighted by molar-refractivity contribution is -0.177. The molecule has 7 heteroatoms. The maximum atomic E-state index is 9.07. The van der Waals surface area contributed by atoms with Gasteiger partial charge in [-0.15, -0.1) is 5.10 Å². The van der Waals surface area contributed by atoms with Crippen molar-refractivity contribution in [2.75, 3.05) is 0 Å². The fourth-order valence-electron chi connectivity index (χ4n) is 1.74. The van der Waals surface area contributed by atoms with Crippen LogP contribution in [0.15, 0.2) is 29.6 Å². The van der Waals surface area contributed by atoms with Gasteiger partial charge in [0.1, 0.15) is 5.69 Å². The molecule has 0 bridgehead atoms. The van der Waals surface area contributed by atoms with Crippen LogP contribution in [0.4, 0.5) is 0 Å². The molecule has 19 heavy (non-hydrogen) atoms. The van der Waals surface area contributed by atoms with Gasteiger partial charge in [0.2, 0.25) is 0 Å². The first kappa shape index (κ1) is 14.0. The third-order valence-corrected chi connectivity index (χ3v) is 3.35. The van der Waals surface area contributed by atoms with Crippen LogP contribution in [0.2, 0.25) is 0 Å². The molecule has 1 heterocycles. The zero-order valence-corrected chi connectivity index (χ0v) is 10.7. The largest absolute Gasteiger partial charge is 0.368 e. The second kappa shape index (κ2) is 6.18. The number of aliphatic hydroxyl groups is 4. The van der Waals surface area contributed by atoms with Gasteiger partial charge in [-0.25, -0.2) is 0 Å². The molecule has 0 saturated carbocycles. The Kier molecular flexibility index (Phi) is 4.56. The van der Waals surface area contributed by atoms with E-state index in [2.05, 4.69) is 9.59 Å². The summed E-state index contributed by atoms with van der Waals surface area (Å²) in [6.07, 6.45) is -3.39. The Hall–Kier alpha value is -1.38. The average Bonchev–Trinajstić information content (AvgIpc) is 2.89. The van der Waals surface area contributed by atoms with Crippen LogP contribution >= 0.6 is 11.5 Å². The minimum Gasteiger partial charge on any atom is -0.368 e.